The summed E-state index contributed by atoms with van der Waals surface area (Å²) in [5.74, 6) is -0.650. The number of halogens is 4. The van der Waals surface area contributed by atoms with Crippen LogP contribution in [0.1, 0.15) is 0 Å². The van der Waals surface area contributed by atoms with Crippen molar-refractivity contribution in [2.24, 2.45) is 4.40 Å². The van der Waals surface area contributed by atoms with Crippen molar-refractivity contribution in [3.8, 4) is 0 Å². The average molecular weight is 332 g/mol. The molecule has 1 unspecified atom stereocenters. The summed E-state index contributed by atoms with van der Waals surface area (Å²) in [7, 11) is 0. The molecule has 2 rings (SSSR count). The van der Waals surface area contributed by atoms with E-state index >= 15 is 0 Å². The zero-order valence-corrected chi connectivity index (χ0v) is 9.93. The lowest BCUT2D eigenvalue weighted by Crippen LogP contribution is -2.30. The van der Waals surface area contributed by atoms with Crippen LogP contribution in [0.5, 0.6) is 0 Å². The van der Waals surface area contributed by atoms with Crippen LogP contribution in [0, 0.1) is 0 Å². The third-order valence-corrected chi connectivity index (χ3v) is 3.52. The summed E-state index contributed by atoms with van der Waals surface area (Å²) in [5, 5.41) is 0. The largest absolute Gasteiger partial charge is 0.308 e. The topological polar surface area (TPSA) is 24.4 Å². The first-order valence-electron chi connectivity index (χ1n) is 3.19. The molecule has 0 aromatic rings. The zero-order chi connectivity index (χ0) is 9.64. The van der Waals surface area contributed by atoms with E-state index in [1.54, 1.807) is 0 Å². The molecule has 0 spiro atoms. The Bertz CT molecular complexity index is 362. The molecule has 1 N–H and O–H groups in total. The number of hydrogen-bond acceptors (Lipinski definition) is 3. The van der Waals surface area contributed by atoms with Crippen molar-refractivity contribution in [1.29, 1.82) is 0 Å². The molecule has 1 atom stereocenters. The van der Waals surface area contributed by atoms with Gasteiger partial charge in [-0.2, -0.15) is 4.40 Å². The minimum absolute atomic E-state index is 0.144. The first-order valence-corrected chi connectivity index (χ1v) is 5.55. The van der Waals surface area contributed by atoms with Gasteiger partial charge in [0.25, 0.3) is 0 Å². The molecule has 0 radical (unpaired) electrons. The second kappa shape index (κ2) is 3.06. The van der Waals surface area contributed by atoms with Crippen molar-refractivity contribution in [1.82, 2.24) is 4.72 Å². The van der Waals surface area contributed by atoms with Crippen LogP contribution in [0.3, 0.4) is 0 Å². The van der Waals surface area contributed by atoms with E-state index in [1.165, 1.54) is 0 Å². The van der Waals surface area contributed by atoms with Gasteiger partial charge in [0.15, 0.2) is 0 Å². The summed E-state index contributed by atoms with van der Waals surface area (Å²) in [5.41, 5.74) is 0.482. The van der Waals surface area contributed by atoms with Gasteiger partial charge >= 0.3 is 0 Å². The SMILES string of the molecule is FC1=CC(F)(Br)C2=NSNC2=C1Br. The van der Waals surface area contributed by atoms with Gasteiger partial charge in [0.2, 0.25) is 4.58 Å². The molecule has 1 heterocycles. The minimum atomic E-state index is -2.01. The number of nitrogens with one attached hydrogen (secondary N) is 1. The zero-order valence-electron chi connectivity index (χ0n) is 5.94. The highest BCUT2D eigenvalue weighted by atomic mass is 79.9. The number of rotatable bonds is 0. The summed E-state index contributed by atoms with van der Waals surface area (Å²) in [6, 6.07) is 0. The Kier molecular flexibility index (Phi) is 2.28. The molecule has 2 aliphatic rings. The highest BCUT2D eigenvalue weighted by Gasteiger charge is 2.42. The van der Waals surface area contributed by atoms with Crippen LogP contribution < -0.4 is 4.72 Å². The van der Waals surface area contributed by atoms with Crippen LogP contribution in [0.4, 0.5) is 8.78 Å². The van der Waals surface area contributed by atoms with Crippen molar-refractivity contribution in [3.05, 3.63) is 22.1 Å². The third kappa shape index (κ3) is 1.46. The van der Waals surface area contributed by atoms with Gasteiger partial charge in [-0.15, -0.1) is 0 Å². The highest BCUT2D eigenvalue weighted by molar-refractivity contribution is 9.12. The van der Waals surface area contributed by atoms with Crippen molar-refractivity contribution < 1.29 is 8.78 Å². The third-order valence-electron chi connectivity index (χ3n) is 1.57. The van der Waals surface area contributed by atoms with E-state index in [2.05, 4.69) is 41.0 Å². The number of nitrogens with zero attached hydrogens (tertiary/aromatic N) is 1. The monoisotopic (exact) mass is 330 g/mol. The van der Waals surface area contributed by atoms with Crippen LogP contribution in [-0.4, -0.2) is 10.3 Å². The molecule has 70 valence electrons. The first-order chi connectivity index (χ1) is 6.02. The Morgan fingerprint density at radius 2 is 2.31 bits per heavy atom. The average Bonchev–Trinajstić information content (AvgIpc) is 2.48. The number of allylic oxidation sites excluding steroid dienone is 4. The molecule has 0 fully saturated rings. The molecule has 1 aliphatic carbocycles. The predicted octanol–water partition coefficient (Wildman–Crippen LogP) is 3.13. The number of fused-ring (bicyclic) bond motifs is 1. The maximum absolute atomic E-state index is 13.6. The van der Waals surface area contributed by atoms with E-state index in [0.717, 1.165) is 18.2 Å². The van der Waals surface area contributed by atoms with Gasteiger partial charge in [-0.1, -0.05) is 0 Å². The summed E-state index contributed by atoms with van der Waals surface area (Å²) < 4.78 is 31.4. The fourth-order valence-corrected chi connectivity index (χ4v) is 2.78. The Morgan fingerprint density at radius 3 is 3.00 bits per heavy atom. The molecule has 2 nitrogen and oxygen atoms in total. The molecule has 0 aromatic heterocycles. The molecule has 0 aromatic carbocycles. The Balaban J connectivity index is 2.57. The lowest BCUT2D eigenvalue weighted by atomic mass is 10.1. The van der Waals surface area contributed by atoms with Gasteiger partial charge < -0.3 is 4.72 Å². The summed E-state index contributed by atoms with van der Waals surface area (Å²) in [4.78, 5) is 0. The molecule has 0 saturated heterocycles. The fraction of sp³-hybridized carbons (Fsp3) is 0.167. The van der Waals surface area contributed by atoms with Crippen LogP contribution in [0.25, 0.3) is 0 Å². The van der Waals surface area contributed by atoms with Crippen molar-refractivity contribution >= 4 is 49.7 Å². The number of alkyl halides is 2. The summed E-state index contributed by atoms with van der Waals surface area (Å²) in [6.45, 7) is 0. The van der Waals surface area contributed by atoms with Gasteiger partial charge in [0, 0.05) is 6.08 Å². The van der Waals surface area contributed by atoms with Gasteiger partial charge in [0.1, 0.15) is 11.5 Å². The smallest absolute Gasteiger partial charge is 0.231 e. The van der Waals surface area contributed by atoms with Crippen molar-refractivity contribution in [2.75, 3.05) is 0 Å². The molecule has 0 saturated carbocycles. The molecule has 7 heteroatoms. The van der Waals surface area contributed by atoms with Gasteiger partial charge in [-0.05, 0) is 31.9 Å². The quantitative estimate of drug-likeness (QED) is 0.545. The summed E-state index contributed by atoms with van der Waals surface area (Å²) in [6.07, 6.45) is 0.826. The second-order valence-electron chi connectivity index (χ2n) is 2.44. The van der Waals surface area contributed by atoms with E-state index in [4.69, 9.17) is 0 Å². The molecular formula is C6H2Br2F2N2S. The normalized spacial score (nSPS) is 32.3. The fourth-order valence-electron chi connectivity index (χ4n) is 0.995. The van der Waals surface area contributed by atoms with E-state index in [-0.39, 0.29) is 10.2 Å². The van der Waals surface area contributed by atoms with Crippen LogP contribution in [0.2, 0.25) is 0 Å². The Labute approximate surface area is 94.1 Å². The lowest BCUT2D eigenvalue weighted by Gasteiger charge is -2.20. The summed E-state index contributed by atoms with van der Waals surface area (Å²) >= 11 is 6.72. The van der Waals surface area contributed by atoms with Crippen LogP contribution in [-0.2, 0) is 0 Å². The maximum atomic E-state index is 13.6. The van der Waals surface area contributed by atoms with E-state index in [9.17, 15) is 8.78 Å². The number of hydrogen-bond donors (Lipinski definition) is 1. The standard InChI is InChI=1S/C6H2Br2F2N2S/c7-3-2(9)1-6(8,10)5-4(3)11-13-12-5/h1,11H. The maximum Gasteiger partial charge on any atom is 0.231 e. The lowest BCUT2D eigenvalue weighted by molar-refractivity contribution is 0.449. The molecule has 0 bridgehead atoms. The molecule has 13 heavy (non-hydrogen) atoms. The van der Waals surface area contributed by atoms with E-state index in [1.807, 2.05) is 0 Å². The van der Waals surface area contributed by atoms with Gasteiger partial charge in [-0.25, -0.2) is 8.78 Å². The van der Waals surface area contributed by atoms with Gasteiger partial charge in [0.05, 0.1) is 22.3 Å². The Morgan fingerprint density at radius 1 is 1.62 bits per heavy atom. The van der Waals surface area contributed by atoms with Gasteiger partial charge in [-0.3, -0.25) is 0 Å². The van der Waals surface area contributed by atoms with Crippen LogP contribution in [0.15, 0.2) is 26.5 Å². The van der Waals surface area contributed by atoms with Crippen LogP contribution >= 0.6 is 44.0 Å². The molecule has 1 aliphatic heterocycles. The van der Waals surface area contributed by atoms with E-state index in [0.29, 0.717) is 5.70 Å². The molecular weight excluding hydrogens is 330 g/mol. The highest BCUT2D eigenvalue weighted by Crippen LogP contribution is 2.42. The minimum Gasteiger partial charge on any atom is -0.308 e. The van der Waals surface area contributed by atoms with Crippen molar-refractivity contribution in [2.45, 2.75) is 4.58 Å². The first kappa shape index (κ1) is 9.67. The van der Waals surface area contributed by atoms with Crippen molar-refractivity contribution in [3.63, 3.8) is 0 Å². The molecule has 0 amide bonds. The predicted molar refractivity (Wildman–Crippen MR) is 56.1 cm³/mol. The Hall–Kier alpha value is 0.120. The second-order valence-corrected chi connectivity index (χ2v) is 4.95. The van der Waals surface area contributed by atoms with E-state index < -0.39 is 10.4 Å².